The van der Waals surface area contributed by atoms with Gasteiger partial charge in [0.05, 0.1) is 18.1 Å². The highest BCUT2D eigenvalue weighted by Crippen LogP contribution is 2.22. The zero-order chi connectivity index (χ0) is 12.3. The molecule has 0 saturated heterocycles. The largest absolute Gasteiger partial charge is 0.332 e. The SMILES string of the molecule is CNC(C)(C#N)CC(C)n1cnc(C)c1C. The third-order valence-electron chi connectivity index (χ3n) is 3.26. The van der Waals surface area contributed by atoms with Crippen LogP contribution in [-0.2, 0) is 0 Å². The molecule has 2 atom stereocenters. The molecule has 1 aromatic rings. The number of hydrogen-bond acceptors (Lipinski definition) is 3. The quantitative estimate of drug-likeness (QED) is 0.843. The number of nitrogens with zero attached hydrogens (tertiary/aromatic N) is 3. The van der Waals surface area contributed by atoms with E-state index in [1.807, 2.05) is 27.2 Å². The van der Waals surface area contributed by atoms with Crippen molar-refractivity contribution in [3.05, 3.63) is 17.7 Å². The molecule has 0 amide bonds. The summed E-state index contributed by atoms with van der Waals surface area (Å²) in [5.74, 6) is 0. The highest BCUT2D eigenvalue weighted by Gasteiger charge is 2.25. The minimum Gasteiger partial charge on any atom is -0.332 e. The lowest BCUT2D eigenvalue weighted by Crippen LogP contribution is -2.40. The van der Waals surface area contributed by atoms with Crippen LogP contribution in [0.5, 0.6) is 0 Å². The molecule has 2 unspecified atom stereocenters. The minimum atomic E-state index is -0.482. The van der Waals surface area contributed by atoms with Crippen LogP contribution in [0.4, 0.5) is 0 Å². The van der Waals surface area contributed by atoms with E-state index in [4.69, 9.17) is 5.26 Å². The van der Waals surface area contributed by atoms with Gasteiger partial charge in [-0.2, -0.15) is 5.26 Å². The minimum absolute atomic E-state index is 0.262. The highest BCUT2D eigenvalue weighted by atomic mass is 15.1. The first-order chi connectivity index (χ1) is 7.43. The Morgan fingerprint density at radius 2 is 2.25 bits per heavy atom. The zero-order valence-corrected chi connectivity index (χ0v) is 10.7. The normalized spacial score (nSPS) is 16.5. The van der Waals surface area contributed by atoms with Gasteiger partial charge in [0, 0.05) is 11.7 Å². The van der Waals surface area contributed by atoms with Gasteiger partial charge in [-0.3, -0.25) is 0 Å². The number of imidazole rings is 1. The maximum absolute atomic E-state index is 9.12. The summed E-state index contributed by atoms with van der Waals surface area (Å²) in [6.45, 7) is 8.09. The number of aryl methyl sites for hydroxylation is 1. The van der Waals surface area contributed by atoms with E-state index >= 15 is 0 Å². The van der Waals surface area contributed by atoms with Crippen molar-refractivity contribution in [2.75, 3.05) is 7.05 Å². The van der Waals surface area contributed by atoms with Crippen molar-refractivity contribution < 1.29 is 0 Å². The molecule has 0 radical (unpaired) electrons. The molecule has 16 heavy (non-hydrogen) atoms. The molecule has 4 heteroatoms. The molecule has 0 bridgehead atoms. The summed E-state index contributed by atoms with van der Waals surface area (Å²) in [4.78, 5) is 4.28. The maximum atomic E-state index is 9.12. The molecule has 0 aliphatic rings. The van der Waals surface area contributed by atoms with E-state index in [-0.39, 0.29) is 6.04 Å². The van der Waals surface area contributed by atoms with Gasteiger partial charge in [-0.25, -0.2) is 4.98 Å². The lowest BCUT2D eigenvalue weighted by molar-refractivity contribution is 0.364. The molecule has 1 heterocycles. The lowest BCUT2D eigenvalue weighted by Gasteiger charge is -2.26. The van der Waals surface area contributed by atoms with Crippen LogP contribution in [0.25, 0.3) is 0 Å². The van der Waals surface area contributed by atoms with Crippen LogP contribution < -0.4 is 5.32 Å². The molecule has 0 aromatic carbocycles. The van der Waals surface area contributed by atoms with E-state index in [1.165, 1.54) is 5.69 Å². The molecule has 0 spiro atoms. The van der Waals surface area contributed by atoms with Gasteiger partial charge >= 0.3 is 0 Å². The van der Waals surface area contributed by atoms with Crippen LogP contribution in [0.2, 0.25) is 0 Å². The molecular formula is C12H20N4. The fraction of sp³-hybridized carbons (Fsp3) is 0.667. The molecule has 0 aliphatic heterocycles. The third kappa shape index (κ3) is 2.42. The fourth-order valence-corrected chi connectivity index (χ4v) is 1.85. The number of aromatic nitrogens is 2. The molecule has 4 nitrogen and oxygen atoms in total. The smallest absolute Gasteiger partial charge is 0.105 e. The Hall–Kier alpha value is -1.34. The summed E-state index contributed by atoms with van der Waals surface area (Å²) in [6.07, 6.45) is 2.61. The average Bonchev–Trinajstić information content (AvgIpc) is 2.59. The van der Waals surface area contributed by atoms with Crippen molar-refractivity contribution >= 4 is 0 Å². The summed E-state index contributed by atoms with van der Waals surface area (Å²) in [5.41, 5.74) is 1.74. The van der Waals surface area contributed by atoms with Crippen molar-refractivity contribution in [2.24, 2.45) is 0 Å². The Labute approximate surface area is 97.3 Å². The first kappa shape index (κ1) is 12.7. The second-order valence-corrected chi connectivity index (χ2v) is 4.57. The Balaban J connectivity index is 2.85. The monoisotopic (exact) mass is 220 g/mol. The molecule has 1 rings (SSSR count). The molecular weight excluding hydrogens is 200 g/mol. The second-order valence-electron chi connectivity index (χ2n) is 4.57. The van der Waals surface area contributed by atoms with Gasteiger partial charge in [-0.15, -0.1) is 0 Å². The summed E-state index contributed by atoms with van der Waals surface area (Å²) < 4.78 is 2.13. The van der Waals surface area contributed by atoms with Gasteiger partial charge in [-0.05, 0) is 41.2 Å². The fourth-order valence-electron chi connectivity index (χ4n) is 1.85. The Morgan fingerprint density at radius 3 is 2.62 bits per heavy atom. The first-order valence-electron chi connectivity index (χ1n) is 5.53. The van der Waals surface area contributed by atoms with Gasteiger partial charge in [-0.1, -0.05) is 0 Å². The lowest BCUT2D eigenvalue weighted by atomic mass is 9.95. The Kier molecular flexibility index (Phi) is 3.71. The molecule has 1 aromatic heterocycles. The predicted molar refractivity (Wildman–Crippen MR) is 64.1 cm³/mol. The van der Waals surface area contributed by atoms with E-state index in [9.17, 15) is 0 Å². The summed E-state index contributed by atoms with van der Waals surface area (Å²) in [6, 6.07) is 2.57. The number of rotatable bonds is 4. The van der Waals surface area contributed by atoms with Gasteiger partial charge in [0.25, 0.3) is 0 Å². The van der Waals surface area contributed by atoms with Crippen LogP contribution in [0.15, 0.2) is 6.33 Å². The highest BCUT2D eigenvalue weighted by molar-refractivity contribution is 5.11. The molecule has 0 fully saturated rings. The number of nitriles is 1. The standard InChI is InChI=1S/C12H20N4/c1-9(6-12(4,7-13)14-5)16-8-15-10(2)11(16)3/h8-9,14H,6H2,1-5H3. The van der Waals surface area contributed by atoms with Crippen molar-refractivity contribution in [1.82, 2.24) is 14.9 Å². The Bertz CT molecular complexity index is 402. The van der Waals surface area contributed by atoms with Crippen LogP contribution in [0.1, 0.15) is 37.7 Å². The van der Waals surface area contributed by atoms with E-state index in [1.54, 1.807) is 0 Å². The van der Waals surface area contributed by atoms with E-state index < -0.39 is 5.54 Å². The van der Waals surface area contributed by atoms with Crippen molar-refractivity contribution in [3.63, 3.8) is 0 Å². The van der Waals surface area contributed by atoms with Crippen LogP contribution in [0.3, 0.4) is 0 Å². The summed E-state index contributed by atoms with van der Waals surface area (Å²) >= 11 is 0. The predicted octanol–water partition coefficient (Wildman–Crippen LogP) is 1.95. The number of nitrogens with one attached hydrogen (secondary N) is 1. The van der Waals surface area contributed by atoms with E-state index in [0.717, 1.165) is 12.1 Å². The zero-order valence-electron chi connectivity index (χ0n) is 10.7. The summed E-state index contributed by atoms with van der Waals surface area (Å²) in [7, 11) is 1.82. The third-order valence-corrected chi connectivity index (χ3v) is 3.26. The molecule has 0 aliphatic carbocycles. The average molecular weight is 220 g/mol. The van der Waals surface area contributed by atoms with Gasteiger partial charge in [0.2, 0.25) is 0 Å². The van der Waals surface area contributed by atoms with Crippen LogP contribution >= 0.6 is 0 Å². The maximum Gasteiger partial charge on any atom is 0.105 e. The van der Waals surface area contributed by atoms with Crippen molar-refractivity contribution in [2.45, 2.75) is 45.7 Å². The van der Waals surface area contributed by atoms with Gasteiger partial charge in [0.15, 0.2) is 0 Å². The summed E-state index contributed by atoms with van der Waals surface area (Å²) in [5, 5.41) is 12.2. The molecule has 0 saturated carbocycles. The Morgan fingerprint density at radius 1 is 1.62 bits per heavy atom. The van der Waals surface area contributed by atoms with Crippen LogP contribution in [0, 0.1) is 25.2 Å². The van der Waals surface area contributed by atoms with Crippen molar-refractivity contribution in [3.8, 4) is 6.07 Å². The van der Waals surface area contributed by atoms with Crippen LogP contribution in [-0.4, -0.2) is 22.1 Å². The second kappa shape index (κ2) is 4.67. The van der Waals surface area contributed by atoms with Gasteiger partial charge < -0.3 is 9.88 Å². The van der Waals surface area contributed by atoms with Gasteiger partial charge in [0.1, 0.15) is 5.54 Å². The molecule has 88 valence electrons. The number of hydrogen-bond donors (Lipinski definition) is 1. The molecule has 1 N–H and O–H groups in total. The topological polar surface area (TPSA) is 53.6 Å². The van der Waals surface area contributed by atoms with E-state index in [0.29, 0.717) is 0 Å². The van der Waals surface area contributed by atoms with Crippen molar-refractivity contribution in [1.29, 1.82) is 5.26 Å². The van der Waals surface area contributed by atoms with E-state index in [2.05, 4.69) is 34.8 Å². The first-order valence-corrected chi connectivity index (χ1v) is 5.53.